The number of benzene rings is 1. The molecule has 1 aromatic carbocycles. The molecule has 1 aliphatic carbocycles. The molecule has 0 unspecified atom stereocenters. The number of likely N-dealkylation sites (N-methyl/N-ethyl adjacent to an activating group) is 1. The summed E-state index contributed by atoms with van der Waals surface area (Å²) in [7, 11) is 5.54. The molecular weight excluding hydrogens is 500 g/mol. The van der Waals surface area contributed by atoms with Crippen LogP contribution in [-0.2, 0) is 22.6 Å². The van der Waals surface area contributed by atoms with Gasteiger partial charge in [-0.15, -0.1) is 11.3 Å². The van der Waals surface area contributed by atoms with E-state index in [2.05, 4.69) is 32.9 Å². The van der Waals surface area contributed by atoms with E-state index in [4.69, 9.17) is 11.6 Å². The summed E-state index contributed by atoms with van der Waals surface area (Å²) < 4.78 is 0. The van der Waals surface area contributed by atoms with Crippen molar-refractivity contribution in [1.82, 2.24) is 25.4 Å². The van der Waals surface area contributed by atoms with Crippen molar-refractivity contribution in [2.75, 3.05) is 39.5 Å². The smallest absolute Gasteiger partial charge is 0.280 e. The van der Waals surface area contributed by atoms with Gasteiger partial charge in [0.2, 0.25) is 11.8 Å². The number of halogens is 1. The fourth-order valence-corrected chi connectivity index (χ4v) is 5.97. The lowest BCUT2D eigenvalue weighted by atomic mass is 9.81. The molecule has 0 spiro atoms. The molecule has 1 saturated carbocycles. The fourth-order valence-electron chi connectivity index (χ4n) is 4.75. The number of rotatable bonds is 7. The summed E-state index contributed by atoms with van der Waals surface area (Å²) in [4.78, 5) is 48.1. The van der Waals surface area contributed by atoms with Crippen LogP contribution in [0.4, 0.5) is 5.69 Å². The van der Waals surface area contributed by atoms with Crippen LogP contribution in [0.25, 0.3) is 0 Å². The number of hydrogen-bond acceptors (Lipinski definition) is 7. The Hall–Kier alpha value is -2.69. The van der Waals surface area contributed by atoms with Gasteiger partial charge in [0.05, 0.1) is 18.3 Å². The molecule has 3 amide bonds. The summed E-state index contributed by atoms with van der Waals surface area (Å²) in [5.41, 5.74) is 1.78. The van der Waals surface area contributed by atoms with Gasteiger partial charge < -0.3 is 25.8 Å². The number of thiazole rings is 1. The molecule has 0 saturated heterocycles. The van der Waals surface area contributed by atoms with Gasteiger partial charge in [0.15, 0.2) is 5.01 Å². The Balaban J connectivity index is 1.42. The summed E-state index contributed by atoms with van der Waals surface area (Å²) in [6.45, 7) is 1.81. The van der Waals surface area contributed by atoms with Gasteiger partial charge in [-0.2, -0.15) is 0 Å². The van der Waals surface area contributed by atoms with Gasteiger partial charge in [-0.1, -0.05) is 11.6 Å². The topological polar surface area (TPSA) is 107 Å². The summed E-state index contributed by atoms with van der Waals surface area (Å²) in [5, 5.41) is 10.3. The molecule has 2 aromatic rings. The second-order valence-corrected chi connectivity index (χ2v) is 11.3. The van der Waals surface area contributed by atoms with Crippen LogP contribution in [0.5, 0.6) is 0 Å². The van der Waals surface area contributed by atoms with Gasteiger partial charge in [-0.25, -0.2) is 4.98 Å². The zero-order valence-electron chi connectivity index (χ0n) is 20.8. The number of carbonyl (C=O) groups is 3. The van der Waals surface area contributed by atoms with Crippen molar-refractivity contribution in [3.8, 4) is 0 Å². The van der Waals surface area contributed by atoms with Crippen molar-refractivity contribution in [2.45, 2.75) is 44.3 Å². The highest BCUT2D eigenvalue weighted by molar-refractivity contribution is 7.13. The molecule has 1 fully saturated rings. The lowest BCUT2D eigenvalue weighted by Gasteiger charge is -2.37. The van der Waals surface area contributed by atoms with E-state index in [9.17, 15) is 14.4 Å². The molecule has 2 aliphatic rings. The van der Waals surface area contributed by atoms with Gasteiger partial charge in [0, 0.05) is 61.2 Å². The van der Waals surface area contributed by atoms with E-state index < -0.39 is 0 Å². The molecule has 1 aliphatic heterocycles. The maximum Gasteiger partial charge on any atom is 0.280 e. The average Bonchev–Trinajstić information content (AvgIpc) is 3.27. The van der Waals surface area contributed by atoms with Crippen molar-refractivity contribution in [1.29, 1.82) is 0 Å². The molecule has 0 radical (unpaired) electrons. The van der Waals surface area contributed by atoms with Crippen LogP contribution >= 0.6 is 22.9 Å². The first-order chi connectivity index (χ1) is 17.2. The van der Waals surface area contributed by atoms with E-state index in [1.165, 1.54) is 11.3 Å². The lowest BCUT2D eigenvalue weighted by molar-refractivity contribution is -0.134. The number of fused-ring (bicyclic) bond motifs is 1. The minimum Gasteiger partial charge on any atom is -0.376 e. The number of hydrogen-bond donors (Lipinski definition) is 3. The Morgan fingerprint density at radius 1 is 1.14 bits per heavy atom. The first-order valence-electron chi connectivity index (χ1n) is 12.2. The van der Waals surface area contributed by atoms with Crippen molar-refractivity contribution >= 4 is 46.3 Å². The Kier molecular flexibility index (Phi) is 8.48. The highest BCUT2D eigenvalue weighted by Crippen LogP contribution is 2.28. The van der Waals surface area contributed by atoms with E-state index >= 15 is 0 Å². The quantitative estimate of drug-likeness (QED) is 0.505. The van der Waals surface area contributed by atoms with E-state index in [1.807, 2.05) is 12.1 Å². The van der Waals surface area contributed by atoms with E-state index in [1.54, 1.807) is 31.1 Å². The fraction of sp³-hybridized carbons (Fsp3) is 0.520. The molecule has 4 rings (SSSR count). The van der Waals surface area contributed by atoms with Gasteiger partial charge in [0.25, 0.3) is 5.91 Å². The number of nitrogens with zero attached hydrogens (tertiary/aromatic N) is 3. The number of anilines is 1. The Morgan fingerprint density at radius 2 is 1.89 bits per heavy atom. The number of aromatic nitrogens is 1. The zero-order valence-corrected chi connectivity index (χ0v) is 22.4. The molecule has 11 heteroatoms. The second kappa shape index (κ2) is 11.6. The van der Waals surface area contributed by atoms with Crippen molar-refractivity contribution in [3.63, 3.8) is 0 Å². The predicted molar refractivity (Wildman–Crippen MR) is 141 cm³/mol. The zero-order chi connectivity index (χ0) is 25.8. The molecule has 36 heavy (non-hydrogen) atoms. The van der Waals surface area contributed by atoms with Crippen LogP contribution in [0, 0.1) is 5.92 Å². The largest absolute Gasteiger partial charge is 0.376 e. The van der Waals surface area contributed by atoms with Crippen LogP contribution in [0.1, 0.15) is 39.6 Å². The SMILES string of the molecule is CN1CCc2nc(C(=O)N[C@@H]3C[C@@H](C(=O)N(C)C)CC[C@@H]3NC(=O)CNc3ccc(Cl)cc3)sc2C1. The summed E-state index contributed by atoms with van der Waals surface area (Å²) in [5.74, 6) is -0.599. The van der Waals surface area contributed by atoms with Crippen LogP contribution in [0.2, 0.25) is 5.02 Å². The summed E-state index contributed by atoms with van der Waals surface area (Å²) >= 11 is 7.34. The molecule has 0 bridgehead atoms. The maximum atomic E-state index is 13.2. The average molecular weight is 533 g/mol. The van der Waals surface area contributed by atoms with Gasteiger partial charge in [0.1, 0.15) is 0 Å². The minimum absolute atomic E-state index is 0.0381. The van der Waals surface area contributed by atoms with Crippen LogP contribution < -0.4 is 16.0 Å². The lowest BCUT2D eigenvalue weighted by Crippen LogP contribution is -2.56. The number of nitrogens with one attached hydrogen (secondary N) is 3. The van der Waals surface area contributed by atoms with E-state index in [0.29, 0.717) is 29.3 Å². The normalized spacial score (nSPS) is 21.8. The Bertz CT molecular complexity index is 1110. The third-order valence-electron chi connectivity index (χ3n) is 6.72. The first kappa shape index (κ1) is 26.4. The monoisotopic (exact) mass is 532 g/mol. The van der Waals surface area contributed by atoms with Gasteiger partial charge >= 0.3 is 0 Å². The van der Waals surface area contributed by atoms with Gasteiger partial charge in [-0.05, 0) is 50.6 Å². The van der Waals surface area contributed by atoms with E-state index in [0.717, 1.165) is 35.8 Å². The molecule has 2 heterocycles. The molecule has 194 valence electrons. The predicted octanol–water partition coefficient (Wildman–Crippen LogP) is 2.37. The molecular formula is C25H33ClN6O3S. The van der Waals surface area contributed by atoms with Crippen molar-refractivity contribution < 1.29 is 14.4 Å². The summed E-state index contributed by atoms with van der Waals surface area (Å²) in [6.07, 6.45) is 2.54. The maximum absolute atomic E-state index is 13.2. The third-order valence-corrected chi connectivity index (χ3v) is 8.05. The third kappa shape index (κ3) is 6.54. The minimum atomic E-state index is -0.372. The standard InChI is InChI=1S/C25H33ClN6O3S/c1-31(2)25(35)15-4-9-18(28-22(33)13-27-17-7-5-16(26)6-8-17)20(12-15)29-23(34)24-30-19-10-11-32(3)14-21(19)36-24/h5-8,15,18,20,27H,4,9-14H2,1-3H3,(H,28,33)(H,29,34)/t15-,18-,20+/m0/s1. The molecule has 9 nitrogen and oxygen atoms in total. The molecule has 1 aromatic heterocycles. The molecule has 3 atom stereocenters. The van der Waals surface area contributed by atoms with Crippen LogP contribution in [0.15, 0.2) is 24.3 Å². The van der Waals surface area contributed by atoms with Crippen molar-refractivity contribution in [3.05, 3.63) is 44.9 Å². The van der Waals surface area contributed by atoms with E-state index in [-0.39, 0.29) is 42.3 Å². The highest BCUT2D eigenvalue weighted by Gasteiger charge is 2.37. The van der Waals surface area contributed by atoms with Crippen LogP contribution in [-0.4, -0.2) is 78.8 Å². The Morgan fingerprint density at radius 3 is 2.61 bits per heavy atom. The number of carbonyl (C=O) groups excluding carboxylic acids is 3. The summed E-state index contributed by atoms with van der Waals surface area (Å²) in [6, 6.07) is 6.48. The first-order valence-corrected chi connectivity index (χ1v) is 13.4. The van der Waals surface area contributed by atoms with Crippen molar-refractivity contribution in [2.24, 2.45) is 5.92 Å². The second-order valence-electron chi connectivity index (χ2n) is 9.73. The highest BCUT2D eigenvalue weighted by atomic mass is 35.5. The number of amides is 3. The molecule has 3 N–H and O–H groups in total. The van der Waals surface area contributed by atoms with Crippen LogP contribution in [0.3, 0.4) is 0 Å². The Labute approximate surface area is 220 Å². The van der Waals surface area contributed by atoms with Gasteiger partial charge in [-0.3, -0.25) is 14.4 Å².